The molecule has 2 aliphatic rings. The molecule has 1 unspecified atom stereocenters. The van der Waals surface area contributed by atoms with Crippen molar-refractivity contribution in [2.24, 2.45) is 5.92 Å². The van der Waals surface area contributed by atoms with Gasteiger partial charge in [-0.25, -0.2) is 4.79 Å². The van der Waals surface area contributed by atoms with Crippen LogP contribution < -0.4 is 0 Å². The Hall–Kier alpha value is -2.66. The minimum Gasteiger partial charge on any atom is -0.465 e. The van der Waals surface area contributed by atoms with E-state index in [-0.39, 0.29) is 11.9 Å². The van der Waals surface area contributed by atoms with Crippen LogP contribution in [0, 0.1) is 5.92 Å². The molecule has 0 radical (unpaired) electrons. The molecule has 1 amide bonds. The van der Waals surface area contributed by atoms with Gasteiger partial charge >= 0.3 is 5.97 Å². The van der Waals surface area contributed by atoms with Crippen molar-refractivity contribution in [3.63, 3.8) is 0 Å². The van der Waals surface area contributed by atoms with Crippen LogP contribution in [0.5, 0.6) is 0 Å². The van der Waals surface area contributed by atoms with E-state index in [4.69, 9.17) is 4.74 Å². The molecule has 1 atom stereocenters. The highest BCUT2D eigenvalue weighted by molar-refractivity contribution is 7.19. The third kappa shape index (κ3) is 4.18. The Morgan fingerprint density at radius 2 is 1.75 bits per heavy atom. The Morgan fingerprint density at radius 1 is 1.00 bits per heavy atom. The minimum atomic E-state index is -0.321. The van der Waals surface area contributed by atoms with Crippen LogP contribution in [0.3, 0.4) is 0 Å². The zero-order valence-electron chi connectivity index (χ0n) is 18.5. The molecular weight excluding hydrogens is 418 g/mol. The van der Waals surface area contributed by atoms with Crippen molar-refractivity contribution in [1.82, 2.24) is 4.90 Å². The molecule has 1 saturated carbocycles. The molecule has 2 heterocycles. The Bertz CT molecular complexity index is 1130. The second-order valence-corrected chi connectivity index (χ2v) is 10.2. The van der Waals surface area contributed by atoms with E-state index in [0.717, 1.165) is 30.5 Å². The number of rotatable bonds is 5. The van der Waals surface area contributed by atoms with Crippen LogP contribution in [0.2, 0.25) is 0 Å². The van der Waals surface area contributed by atoms with E-state index in [2.05, 4.69) is 29.2 Å². The summed E-state index contributed by atoms with van der Waals surface area (Å²) in [5.41, 5.74) is 2.75. The summed E-state index contributed by atoms with van der Waals surface area (Å²) in [6.07, 6.45) is 8.06. The number of esters is 1. The molecule has 4 nitrogen and oxygen atoms in total. The topological polar surface area (TPSA) is 46.6 Å². The third-order valence-corrected chi connectivity index (χ3v) is 8.16. The van der Waals surface area contributed by atoms with Gasteiger partial charge in [-0.1, -0.05) is 37.5 Å². The molecule has 3 aromatic rings. The van der Waals surface area contributed by atoms with Crippen LogP contribution >= 0.6 is 11.3 Å². The van der Waals surface area contributed by atoms with Crippen LogP contribution in [0.25, 0.3) is 21.2 Å². The number of hydrogen-bond acceptors (Lipinski definition) is 4. The number of nitrogens with zero attached hydrogens (tertiary/aromatic N) is 1. The maximum absolute atomic E-state index is 13.1. The first kappa shape index (κ1) is 21.2. The average Bonchev–Trinajstić information content (AvgIpc) is 3.41. The molecule has 1 aromatic heterocycles. The van der Waals surface area contributed by atoms with Gasteiger partial charge in [-0.2, -0.15) is 0 Å². The summed E-state index contributed by atoms with van der Waals surface area (Å²) in [6, 6.07) is 16.7. The van der Waals surface area contributed by atoms with Gasteiger partial charge in [0.05, 0.1) is 12.7 Å². The van der Waals surface area contributed by atoms with Crippen molar-refractivity contribution in [1.29, 1.82) is 0 Å². The van der Waals surface area contributed by atoms with E-state index in [0.29, 0.717) is 17.5 Å². The monoisotopic (exact) mass is 447 g/mol. The molecule has 0 bridgehead atoms. The Balaban J connectivity index is 1.30. The first-order chi connectivity index (χ1) is 15.6. The molecule has 166 valence electrons. The van der Waals surface area contributed by atoms with Crippen molar-refractivity contribution in [2.45, 2.75) is 51.0 Å². The summed E-state index contributed by atoms with van der Waals surface area (Å²) in [4.78, 5) is 28.2. The van der Waals surface area contributed by atoms with E-state index in [9.17, 15) is 9.59 Å². The number of methoxy groups -OCH3 is 1. The predicted molar refractivity (Wildman–Crippen MR) is 129 cm³/mol. The largest absolute Gasteiger partial charge is 0.465 e. The lowest BCUT2D eigenvalue weighted by atomic mass is 9.94. The Kier molecular flexibility index (Phi) is 6.01. The van der Waals surface area contributed by atoms with Crippen LogP contribution in [0.1, 0.15) is 53.8 Å². The van der Waals surface area contributed by atoms with E-state index in [1.807, 2.05) is 12.1 Å². The second kappa shape index (κ2) is 9.07. The Labute approximate surface area is 193 Å². The number of thiophene rings is 1. The van der Waals surface area contributed by atoms with Crippen molar-refractivity contribution in [3.05, 3.63) is 59.0 Å². The molecule has 5 rings (SSSR count). The van der Waals surface area contributed by atoms with Gasteiger partial charge in [0.25, 0.3) is 0 Å². The summed E-state index contributed by atoms with van der Waals surface area (Å²) >= 11 is 1.80. The zero-order valence-corrected chi connectivity index (χ0v) is 19.3. The predicted octanol–water partition coefficient (Wildman–Crippen LogP) is 6.08. The fraction of sp³-hybridized carbons (Fsp3) is 0.407. The average molecular weight is 448 g/mol. The fourth-order valence-electron chi connectivity index (χ4n) is 5.25. The number of amides is 1. The van der Waals surface area contributed by atoms with Crippen LogP contribution in [-0.4, -0.2) is 36.5 Å². The standard InChI is InChI=1S/C27H29NO3S/c1-31-27(30)19-9-7-18(8-10-19)20-11-12-25-22(15-20)17-24(32-25)16-21-13-14-28(26(21)29)23-5-3-2-4-6-23/h7-12,15,17,21,23H,2-6,13-14,16H2,1H3. The van der Waals surface area contributed by atoms with Gasteiger partial charge in [-0.15, -0.1) is 11.3 Å². The zero-order chi connectivity index (χ0) is 22.1. The van der Waals surface area contributed by atoms with Crippen molar-refractivity contribution < 1.29 is 14.3 Å². The van der Waals surface area contributed by atoms with Gasteiger partial charge in [0.1, 0.15) is 0 Å². The number of carbonyl (C=O) groups excluding carboxylic acids is 2. The number of fused-ring (bicyclic) bond motifs is 1. The molecule has 32 heavy (non-hydrogen) atoms. The maximum Gasteiger partial charge on any atom is 0.337 e. The minimum absolute atomic E-state index is 0.135. The second-order valence-electron chi connectivity index (χ2n) is 9.05. The molecule has 5 heteroatoms. The molecule has 1 aliphatic carbocycles. The fourth-order valence-corrected chi connectivity index (χ4v) is 6.37. The van der Waals surface area contributed by atoms with Gasteiger partial charge in [-0.05, 0) is 72.5 Å². The lowest BCUT2D eigenvalue weighted by molar-refractivity contribution is -0.133. The van der Waals surface area contributed by atoms with Crippen LogP contribution in [0.4, 0.5) is 0 Å². The normalized spacial score (nSPS) is 19.6. The number of benzene rings is 2. The van der Waals surface area contributed by atoms with Crippen molar-refractivity contribution >= 4 is 33.3 Å². The molecule has 2 aromatic carbocycles. The van der Waals surface area contributed by atoms with Crippen molar-refractivity contribution in [3.8, 4) is 11.1 Å². The first-order valence-corrected chi connectivity index (χ1v) is 12.5. The molecule has 2 fully saturated rings. The lowest BCUT2D eigenvalue weighted by Gasteiger charge is -2.31. The molecule has 0 N–H and O–H groups in total. The molecule has 1 aliphatic heterocycles. The number of likely N-dealkylation sites (tertiary alicyclic amines) is 1. The maximum atomic E-state index is 13.1. The molecular formula is C27H29NO3S. The van der Waals surface area contributed by atoms with Crippen LogP contribution in [0.15, 0.2) is 48.5 Å². The molecule has 0 spiro atoms. The van der Waals surface area contributed by atoms with Gasteiger partial charge in [-0.3, -0.25) is 4.79 Å². The quantitative estimate of drug-likeness (QED) is 0.445. The van der Waals surface area contributed by atoms with Gasteiger partial charge in [0.2, 0.25) is 5.91 Å². The van der Waals surface area contributed by atoms with E-state index < -0.39 is 0 Å². The smallest absolute Gasteiger partial charge is 0.337 e. The van der Waals surface area contributed by atoms with Gasteiger partial charge in [0, 0.05) is 28.1 Å². The third-order valence-electron chi connectivity index (χ3n) is 7.02. The highest BCUT2D eigenvalue weighted by Gasteiger charge is 2.36. The number of ether oxygens (including phenoxy) is 1. The highest BCUT2D eigenvalue weighted by Crippen LogP contribution is 2.35. The number of carbonyl (C=O) groups is 2. The first-order valence-electron chi connectivity index (χ1n) is 11.6. The van der Waals surface area contributed by atoms with E-state index in [1.54, 1.807) is 23.5 Å². The Morgan fingerprint density at radius 3 is 2.50 bits per heavy atom. The van der Waals surface area contributed by atoms with Gasteiger partial charge < -0.3 is 9.64 Å². The summed E-state index contributed by atoms with van der Waals surface area (Å²) in [6.45, 7) is 0.935. The van der Waals surface area contributed by atoms with E-state index in [1.165, 1.54) is 54.2 Å². The summed E-state index contributed by atoms with van der Waals surface area (Å²) < 4.78 is 6.03. The summed E-state index contributed by atoms with van der Waals surface area (Å²) in [5, 5.41) is 1.22. The molecule has 1 saturated heterocycles. The lowest BCUT2D eigenvalue weighted by Crippen LogP contribution is -2.39. The SMILES string of the molecule is COC(=O)c1ccc(-c2ccc3sc(CC4CCN(C5CCCCC5)C4=O)cc3c2)cc1. The van der Waals surface area contributed by atoms with Crippen LogP contribution in [-0.2, 0) is 16.0 Å². The van der Waals surface area contributed by atoms with Gasteiger partial charge in [0.15, 0.2) is 0 Å². The summed E-state index contributed by atoms with van der Waals surface area (Å²) in [7, 11) is 1.39. The summed E-state index contributed by atoms with van der Waals surface area (Å²) in [5.74, 6) is 0.189. The van der Waals surface area contributed by atoms with E-state index >= 15 is 0 Å². The number of hydrogen-bond donors (Lipinski definition) is 0. The van der Waals surface area contributed by atoms with Crippen molar-refractivity contribution in [2.75, 3.05) is 13.7 Å². The highest BCUT2D eigenvalue weighted by atomic mass is 32.1.